The van der Waals surface area contributed by atoms with Crippen molar-refractivity contribution in [3.8, 4) is 19.5 Å². The van der Waals surface area contributed by atoms with Gasteiger partial charge >= 0.3 is 0 Å². The largest absolute Gasteiger partial charge is 0.140 e. The lowest BCUT2D eigenvalue weighted by atomic mass is 9.95. The van der Waals surface area contributed by atoms with Gasteiger partial charge in [-0.15, -0.1) is 34.0 Å². The number of hydrogen-bond donors (Lipinski definition) is 0. The van der Waals surface area contributed by atoms with Crippen molar-refractivity contribution < 1.29 is 0 Å². The summed E-state index contributed by atoms with van der Waals surface area (Å²) in [5.41, 5.74) is 3.39. The van der Waals surface area contributed by atoms with Crippen LogP contribution in [0.4, 0.5) is 0 Å². The van der Waals surface area contributed by atoms with Crippen LogP contribution in [0.5, 0.6) is 0 Å². The smallest absolute Gasteiger partial charge is 0.0484 e. The van der Waals surface area contributed by atoms with Crippen LogP contribution in [0.2, 0.25) is 0 Å². The second-order valence-corrected chi connectivity index (χ2v) is 14.6. The van der Waals surface area contributed by atoms with Gasteiger partial charge in [-0.3, -0.25) is 0 Å². The van der Waals surface area contributed by atoms with Crippen LogP contribution in [-0.4, -0.2) is 0 Å². The van der Waals surface area contributed by atoms with Crippen LogP contribution in [0.3, 0.4) is 0 Å². The maximum absolute atomic E-state index is 2.38. The average Bonchev–Trinajstić information content (AvgIpc) is 3.61. The predicted octanol–water partition coefficient (Wildman–Crippen LogP) is 13.2. The minimum Gasteiger partial charge on any atom is -0.140 e. The summed E-state index contributed by atoms with van der Waals surface area (Å²) in [6.07, 6.45) is 24.8. The quantitative estimate of drug-likeness (QED) is 0.121. The van der Waals surface area contributed by atoms with Crippen LogP contribution in [0, 0.1) is 13.8 Å². The van der Waals surface area contributed by atoms with E-state index < -0.39 is 0 Å². The van der Waals surface area contributed by atoms with E-state index in [1.165, 1.54) is 135 Å². The number of thiophene rings is 3. The highest BCUT2D eigenvalue weighted by molar-refractivity contribution is 7.26. The summed E-state index contributed by atoms with van der Waals surface area (Å²) in [6, 6.07) is 9.39. The molecule has 206 valence electrons. The van der Waals surface area contributed by atoms with Gasteiger partial charge in [-0.25, -0.2) is 0 Å². The fourth-order valence-corrected chi connectivity index (χ4v) is 8.82. The minimum absolute atomic E-state index is 1.26. The molecule has 0 spiro atoms. The van der Waals surface area contributed by atoms with E-state index in [4.69, 9.17) is 0 Å². The van der Waals surface area contributed by atoms with Crippen LogP contribution in [0.15, 0.2) is 24.3 Å². The Hall–Kier alpha value is -0.900. The van der Waals surface area contributed by atoms with Crippen molar-refractivity contribution >= 4 is 34.0 Å². The molecule has 3 heteroatoms. The van der Waals surface area contributed by atoms with E-state index >= 15 is 0 Å². The molecule has 0 radical (unpaired) electrons. The summed E-state index contributed by atoms with van der Waals surface area (Å²) < 4.78 is 0. The first kappa shape index (κ1) is 30.6. The van der Waals surface area contributed by atoms with E-state index in [0.29, 0.717) is 0 Å². The molecule has 0 aliphatic carbocycles. The summed E-state index contributed by atoms with van der Waals surface area (Å²) in [5.74, 6) is 0. The van der Waals surface area contributed by atoms with Crippen LogP contribution < -0.4 is 0 Å². The Morgan fingerprint density at radius 2 is 0.784 bits per heavy atom. The molecule has 0 aromatic carbocycles. The molecular formula is C34H52S3. The summed E-state index contributed by atoms with van der Waals surface area (Å²) in [4.78, 5) is 9.01. The molecular weight excluding hydrogens is 505 g/mol. The topological polar surface area (TPSA) is 0 Å². The third kappa shape index (κ3) is 10.3. The van der Waals surface area contributed by atoms with E-state index in [0.717, 1.165) is 0 Å². The Morgan fingerprint density at radius 3 is 1.11 bits per heavy atom. The Kier molecular flexibility index (Phi) is 14.6. The standard InChI is InChI=1S/C34H52S3/c1-5-7-9-11-13-15-17-19-21-29-30(22-20-18-16-14-12-10-8-6-2)34(32-26-24-28(4)36-32)37-33(29)31-25-23-27(3)35-31/h23-26H,5-22H2,1-4H3. The van der Waals surface area contributed by atoms with E-state index in [-0.39, 0.29) is 0 Å². The summed E-state index contributed by atoms with van der Waals surface area (Å²) in [5, 5.41) is 0. The highest BCUT2D eigenvalue weighted by atomic mass is 32.1. The molecule has 0 fully saturated rings. The molecule has 0 aliphatic rings. The SMILES string of the molecule is CCCCCCCCCCc1c(-c2ccc(C)s2)sc(-c2ccc(C)s2)c1CCCCCCCCCC. The van der Waals surface area contributed by atoms with E-state index in [1.54, 1.807) is 20.9 Å². The van der Waals surface area contributed by atoms with Crippen molar-refractivity contribution in [2.24, 2.45) is 0 Å². The van der Waals surface area contributed by atoms with E-state index in [9.17, 15) is 0 Å². The second kappa shape index (κ2) is 17.6. The maximum Gasteiger partial charge on any atom is 0.0484 e. The van der Waals surface area contributed by atoms with Crippen LogP contribution in [0.1, 0.15) is 137 Å². The van der Waals surface area contributed by atoms with Gasteiger partial charge in [0.1, 0.15) is 0 Å². The zero-order chi connectivity index (χ0) is 26.3. The average molecular weight is 557 g/mol. The molecule has 0 bridgehead atoms. The van der Waals surface area contributed by atoms with Crippen molar-refractivity contribution in [3.63, 3.8) is 0 Å². The Bertz CT molecular complexity index is 924. The van der Waals surface area contributed by atoms with Crippen LogP contribution in [0.25, 0.3) is 19.5 Å². The molecule has 0 saturated heterocycles. The summed E-state index contributed by atoms with van der Waals surface area (Å²) >= 11 is 6.07. The minimum atomic E-state index is 1.26. The zero-order valence-electron chi connectivity index (χ0n) is 24.3. The second-order valence-electron chi connectivity index (χ2n) is 11.0. The first-order valence-electron chi connectivity index (χ1n) is 15.4. The molecule has 3 heterocycles. The lowest BCUT2D eigenvalue weighted by Gasteiger charge is -2.10. The first-order valence-corrected chi connectivity index (χ1v) is 17.9. The molecule has 0 nitrogen and oxygen atoms in total. The van der Waals surface area contributed by atoms with Gasteiger partial charge in [0, 0.05) is 29.3 Å². The fourth-order valence-electron chi connectivity index (χ4n) is 5.41. The van der Waals surface area contributed by atoms with Crippen LogP contribution in [-0.2, 0) is 12.8 Å². The lowest BCUT2D eigenvalue weighted by molar-refractivity contribution is 0.571. The Morgan fingerprint density at radius 1 is 0.432 bits per heavy atom. The molecule has 0 saturated carbocycles. The Labute approximate surface area is 240 Å². The molecule has 3 rings (SSSR count). The van der Waals surface area contributed by atoms with Gasteiger partial charge in [0.2, 0.25) is 0 Å². The molecule has 3 aromatic heterocycles. The van der Waals surface area contributed by atoms with Crippen LogP contribution >= 0.6 is 34.0 Å². The molecule has 0 aliphatic heterocycles. The lowest BCUT2D eigenvalue weighted by Crippen LogP contribution is -1.95. The molecule has 37 heavy (non-hydrogen) atoms. The predicted molar refractivity (Wildman–Crippen MR) is 173 cm³/mol. The highest BCUT2D eigenvalue weighted by Gasteiger charge is 2.21. The number of hydrogen-bond acceptors (Lipinski definition) is 3. The number of aryl methyl sites for hydroxylation is 2. The molecule has 0 N–H and O–H groups in total. The fraction of sp³-hybridized carbons (Fsp3) is 0.647. The van der Waals surface area contributed by atoms with Crippen molar-refractivity contribution in [2.75, 3.05) is 0 Å². The number of rotatable bonds is 20. The van der Waals surface area contributed by atoms with Crippen molar-refractivity contribution in [1.82, 2.24) is 0 Å². The Balaban J connectivity index is 1.72. The van der Waals surface area contributed by atoms with Crippen molar-refractivity contribution in [2.45, 2.75) is 143 Å². The third-order valence-corrected chi connectivity index (χ3v) is 11.2. The highest BCUT2D eigenvalue weighted by Crippen LogP contribution is 2.47. The van der Waals surface area contributed by atoms with E-state index in [1.807, 2.05) is 22.7 Å². The molecule has 3 aromatic rings. The van der Waals surface area contributed by atoms with Gasteiger partial charge < -0.3 is 0 Å². The van der Waals surface area contributed by atoms with E-state index in [2.05, 4.69) is 63.3 Å². The molecule has 0 amide bonds. The molecule has 0 atom stereocenters. The third-order valence-electron chi connectivity index (χ3n) is 7.61. The summed E-state index contributed by atoms with van der Waals surface area (Å²) in [6.45, 7) is 9.13. The van der Waals surface area contributed by atoms with Gasteiger partial charge in [-0.2, -0.15) is 0 Å². The maximum atomic E-state index is 2.38. The van der Waals surface area contributed by atoms with Crippen molar-refractivity contribution in [1.29, 1.82) is 0 Å². The molecule has 0 unspecified atom stereocenters. The number of unbranched alkanes of at least 4 members (excludes halogenated alkanes) is 14. The van der Waals surface area contributed by atoms with Gasteiger partial charge in [0.05, 0.1) is 0 Å². The van der Waals surface area contributed by atoms with Gasteiger partial charge in [-0.05, 0) is 74.9 Å². The van der Waals surface area contributed by atoms with Gasteiger partial charge in [0.25, 0.3) is 0 Å². The first-order chi connectivity index (χ1) is 18.1. The van der Waals surface area contributed by atoms with Gasteiger partial charge in [0.15, 0.2) is 0 Å². The normalized spacial score (nSPS) is 11.6. The zero-order valence-corrected chi connectivity index (χ0v) is 26.7. The van der Waals surface area contributed by atoms with Gasteiger partial charge in [-0.1, -0.05) is 104 Å². The monoisotopic (exact) mass is 556 g/mol. The summed E-state index contributed by atoms with van der Waals surface area (Å²) in [7, 11) is 0. The van der Waals surface area contributed by atoms with Crippen molar-refractivity contribution in [3.05, 3.63) is 45.1 Å².